The molecular weight excluding hydrogens is 200 g/mol. The number of rotatable bonds is 2. The van der Waals surface area contributed by atoms with Gasteiger partial charge in [0.2, 0.25) is 0 Å². The van der Waals surface area contributed by atoms with Crippen LogP contribution in [0.4, 0.5) is 0 Å². The summed E-state index contributed by atoms with van der Waals surface area (Å²) in [6.45, 7) is 4.41. The highest BCUT2D eigenvalue weighted by molar-refractivity contribution is 8.03. The number of fused-ring (bicyclic) bond motifs is 1. The first-order valence-electron chi connectivity index (χ1n) is 5.43. The highest BCUT2D eigenvalue weighted by Gasteiger charge is 2.13. The van der Waals surface area contributed by atoms with Crippen LogP contribution in [-0.2, 0) is 6.42 Å². The van der Waals surface area contributed by atoms with Crippen molar-refractivity contribution < 1.29 is 0 Å². The van der Waals surface area contributed by atoms with E-state index >= 15 is 0 Å². The molecule has 1 aliphatic heterocycles. The van der Waals surface area contributed by atoms with Crippen LogP contribution in [0.25, 0.3) is 0 Å². The van der Waals surface area contributed by atoms with E-state index in [1.165, 1.54) is 20.9 Å². The Labute approximate surface area is 96.1 Å². The first-order chi connectivity index (χ1) is 7.31. The summed E-state index contributed by atoms with van der Waals surface area (Å²) in [6, 6.07) is 8.69. The fourth-order valence-corrected chi connectivity index (χ4v) is 2.79. The molecule has 0 saturated heterocycles. The van der Waals surface area contributed by atoms with Gasteiger partial charge in [0.15, 0.2) is 0 Å². The van der Waals surface area contributed by atoms with Crippen molar-refractivity contribution in [3.63, 3.8) is 0 Å². The number of benzene rings is 1. The molecule has 1 heteroatoms. The topological polar surface area (TPSA) is 0 Å². The zero-order valence-electron chi connectivity index (χ0n) is 9.29. The molecule has 15 heavy (non-hydrogen) atoms. The molecule has 0 radical (unpaired) electrons. The van der Waals surface area contributed by atoms with Crippen LogP contribution in [-0.4, -0.2) is 0 Å². The predicted octanol–water partition coefficient (Wildman–Crippen LogP) is 4.58. The third-order valence-electron chi connectivity index (χ3n) is 2.57. The molecule has 0 aromatic heterocycles. The Kier molecular flexibility index (Phi) is 3.32. The van der Waals surface area contributed by atoms with Crippen LogP contribution in [0.15, 0.2) is 51.8 Å². The fraction of sp³-hybridized carbons (Fsp3) is 0.286. The minimum atomic E-state index is 1.10. The van der Waals surface area contributed by atoms with Gasteiger partial charge in [0.25, 0.3) is 0 Å². The van der Waals surface area contributed by atoms with Crippen LogP contribution in [0.1, 0.15) is 25.8 Å². The van der Waals surface area contributed by atoms with Crippen molar-refractivity contribution >= 4 is 11.8 Å². The Morgan fingerprint density at radius 2 is 2.13 bits per heavy atom. The molecule has 0 aliphatic carbocycles. The molecule has 2 rings (SSSR count). The van der Waals surface area contributed by atoms with Crippen molar-refractivity contribution in [1.82, 2.24) is 0 Å². The Hall–Kier alpha value is -0.950. The summed E-state index contributed by atoms with van der Waals surface area (Å²) in [6.07, 6.45) is 6.71. The van der Waals surface area contributed by atoms with Crippen LogP contribution in [0.5, 0.6) is 0 Å². The average molecular weight is 216 g/mol. The molecule has 0 nitrogen and oxygen atoms in total. The van der Waals surface area contributed by atoms with Crippen molar-refractivity contribution in [2.24, 2.45) is 0 Å². The van der Waals surface area contributed by atoms with Gasteiger partial charge in [0.1, 0.15) is 0 Å². The quantitative estimate of drug-likeness (QED) is 0.697. The van der Waals surface area contributed by atoms with Crippen LogP contribution in [0.3, 0.4) is 0 Å². The highest BCUT2D eigenvalue weighted by atomic mass is 32.2. The second-order valence-corrected chi connectivity index (χ2v) is 4.93. The lowest BCUT2D eigenvalue weighted by Gasteiger charge is -2.18. The summed E-state index contributed by atoms with van der Waals surface area (Å²) in [5.41, 5.74) is 2.96. The second kappa shape index (κ2) is 4.71. The molecule has 0 spiro atoms. The van der Waals surface area contributed by atoms with Crippen LogP contribution in [0.2, 0.25) is 0 Å². The van der Waals surface area contributed by atoms with E-state index in [2.05, 4.69) is 50.3 Å². The molecule has 1 heterocycles. The molecule has 78 valence electrons. The molecule has 0 atom stereocenters. The van der Waals surface area contributed by atoms with Gasteiger partial charge < -0.3 is 0 Å². The molecule has 1 aliphatic rings. The van der Waals surface area contributed by atoms with E-state index in [0.717, 1.165) is 12.8 Å². The lowest BCUT2D eigenvalue weighted by Crippen LogP contribution is -1.97. The molecule has 0 bridgehead atoms. The smallest absolute Gasteiger partial charge is 0.0157 e. The van der Waals surface area contributed by atoms with Crippen molar-refractivity contribution in [2.45, 2.75) is 31.6 Å². The lowest BCUT2D eigenvalue weighted by molar-refractivity contribution is 1.07. The third-order valence-corrected chi connectivity index (χ3v) is 3.90. The standard InChI is InChI=1S/C14H16S/c1-3-4-8-13-11(2)10-12-7-5-6-9-14(12)15-13/h4-9H,3,10H2,1-2H3. The van der Waals surface area contributed by atoms with Crippen LogP contribution >= 0.6 is 11.8 Å². The van der Waals surface area contributed by atoms with Crippen molar-refractivity contribution in [1.29, 1.82) is 0 Å². The largest absolute Gasteiger partial charge is 0.0899 e. The maximum absolute atomic E-state index is 2.26. The molecule has 0 saturated carbocycles. The molecular formula is C14H16S. The third kappa shape index (κ3) is 2.35. The summed E-state index contributed by atoms with van der Waals surface area (Å²) in [4.78, 5) is 2.84. The summed E-state index contributed by atoms with van der Waals surface area (Å²) in [5.74, 6) is 0. The maximum Gasteiger partial charge on any atom is 0.0157 e. The Bertz CT molecular complexity index is 413. The van der Waals surface area contributed by atoms with Gasteiger partial charge in [-0.25, -0.2) is 0 Å². The SMILES string of the molecule is CCC=CC1=C(C)Cc2ccccc2S1. The Morgan fingerprint density at radius 1 is 1.33 bits per heavy atom. The van der Waals surface area contributed by atoms with Crippen LogP contribution in [0, 0.1) is 0 Å². The number of hydrogen-bond donors (Lipinski definition) is 0. The maximum atomic E-state index is 2.26. The molecule has 0 amide bonds. The Balaban J connectivity index is 2.27. The van der Waals surface area contributed by atoms with E-state index in [0.29, 0.717) is 0 Å². The lowest BCUT2D eigenvalue weighted by atomic mass is 10.1. The van der Waals surface area contributed by atoms with Gasteiger partial charge in [-0.2, -0.15) is 0 Å². The zero-order chi connectivity index (χ0) is 10.7. The minimum absolute atomic E-state index is 1.10. The van der Waals surface area contributed by atoms with Crippen molar-refractivity contribution in [2.75, 3.05) is 0 Å². The summed E-state index contributed by atoms with van der Waals surface area (Å²) >= 11 is 1.90. The van der Waals surface area contributed by atoms with Gasteiger partial charge in [-0.15, -0.1) is 0 Å². The van der Waals surface area contributed by atoms with Gasteiger partial charge in [0, 0.05) is 9.80 Å². The highest BCUT2D eigenvalue weighted by Crippen LogP contribution is 2.38. The Morgan fingerprint density at radius 3 is 2.93 bits per heavy atom. The molecule has 0 N–H and O–H groups in total. The summed E-state index contributed by atoms with van der Waals surface area (Å²) < 4.78 is 0. The normalized spacial score (nSPS) is 15.9. The average Bonchev–Trinajstić information content (AvgIpc) is 2.26. The number of hydrogen-bond acceptors (Lipinski definition) is 1. The number of thioether (sulfide) groups is 1. The van der Waals surface area contributed by atoms with E-state index in [1.54, 1.807) is 0 Å². The second-order valence-electron chi connectivity index (χ2n) is 3.84. The molecule has 1 aromatic rings. The van der Waals surface area contributed by atoms with Gasteiger partial charge in [-0.3, -0.25) is 0 Å². The van der Waals surface area contributed by atoms with E-state index in [4.69, 9.17) is 0 Å². The van der Waals surface area contributed by atoms with E-state index in [-0.39, 0.29) is 0 Å². The monoisotopic (exact) mass is 216 g/mol. The van der Waals surface area contributed by atoms with Crippen LogP contribution < -0.4 is 0 Å². The van der Waals surface area contributed by atoms with Gasteiger partial charge in [-0.05, 0) is 31.4 Å². The summed E-state index contributed by atoms with van der Waals surface area (Å²) in [5, 5.41) is 0. The first-order valence-corrected chi connectivity index (χ1v) is 6.25. The molecule has 0 unspecified atom stereocenters. The fourth-order valence-electron chi connectivity index (χ4n) is 1.73. The molecule has 1 aromatic carbocycles. The minimum Gasteiger partial charge on any atom is -0.0899 e. The van der Waals surface area contributed by atoms with Gasteiger partial charge in [-0.1, -0.05) is 54.6 Å². The predicted molar refractivity (Wildman–Crippen MR) is 68.1 cm³/mol. The van der Waals surface area contributed by atoms with Gasteiger partial charge >= 0.3 is 0 Å². The van der Waals surface area contributed by atoms with Crippen molar-refractivity contribution in [3.05, 3.63) is 52.5 Å². The van der Waals surface area contributed by atoms with Crippen molar-refractivity contribution in [3.8, 4) is 0 Å². The number of allylic oxidation sites excluding steroid dienone is 3. The van der Waals surface area contributed by atoms with E-state index < -0.39 is 0 Å². The zero-order valence-corrected chi connectivity index (χ0v) is 10.1. The summed E-state index contributed by atoms with van der Waals surface area (Å²) in [7, 11) is 0. The molecule has 0 fully saturated rings. The van der Waals surface area contributed by atoms with Gasteiger partial charge in [0.05, 0.1) is 0 Å². The first kappa shape index (κ1) is 10.6. The van der Waals surface area contributed by atoms with E-state index in [1.807, 2.05) is 11.8 Å². The van der Waals surface area contributed by atoms with E-state index in [9.17, 15) is 0 Å².